The molecule has 6 heteroatoms. The van der Waals surface area contributed by atoms with Gasteiger partial charge in [-0.05, 0) is 42.5 Å². The molecular weight excluding hydrogens is 332 g/mol. The van der Waals surface area contributed by atoms with Crippen LogP contribution in [0.4, 0.5) is 0 Å². The van der Waals surface area contributed by atoms with Crippen LogP contribution in [0.5, 0.6) is 0 Å². The van der Waals surface area contributed by atoms with Crippen molar-refractivity contribution in [2.75, 3.05) is 6.54 Å². The molecular formula is C17H15ClN2O2S. The molecule has 2 N–H and O–H groups in total. The number of pyridine rings is 1. The van der Waals surface area contributed by atoms with Gasteiger partial charge in [-0.1, -0.05) is 17.7 Å². The molecule has 0 saturated heterocycles. The first-order valence-corrected chi connectivity index (χ1v) is 8.45. The number of benzene rings is 1. The molecule has 4 nitrogen and oxygen atoms in total. The topological polar surface area (TPSA) is 62.0 Å². The summed E-state index contributed by atoms with van der Waals surface area (Å²) in [4.78, 5) is 28.9. The number of nitrogens with one attached hydrogen (secondary N) is 2. The van der Waals surface area contributed by atoms with Crippen molar-refractivity contribution in [3.05, 3.63) is 67.1 Å². The Morgan fingerprint density at radius 2 is 2.17 bits per heavy atom. The van der Waals surface area contributed by atoms with Crippen LogP contribution in [0.2, 0.25) is 5.02 Å². The summed E-state index contributed by atoms with van der Waals surface area (Å²) in [7, 11) is 0. The summed E-state index contributed by atoms with van der Waals surface area (Å²) in [6, 6.07) is 7.31. The SMILES string of the molecule is Cc1c(Cl)ccc2c(=O)c(C(=O)NCCc3cccs3)c[nH]c12. The molecule has 2 heterocycles. The predicted molar refractivity (Wildman–Crippen MR) is 94.7 cm³/mol. The molecule has 3 rings (SSSR count). The Labute approximate surface area is 142 Å². The second-order valence-corrected chi connectivity index (χ2v) is 6.65. The van der Waals surface area contributed by atoms with Crippen LogP contribution in [0.3, 0.4) is 0 Å². The van der Waals surface area contributed by atoms with Crippen molar-refractivity contribution in [1.29, 1.82) is 0 Å². The number of aromatic nitrogens is 1. The number of aromatic amines is 1. The number of aryl methyl sites for hydroxylation is 1. The summed E-state index contributed by atoms with van der Waals surface area (Å²) in [5.74, 6) is -0.364. The average Bonchev–Trinajstić information content (AvgIpc) is 3.04. The molecule has 0 aliphatic heterocycles. The van der Waals surface area contributed by atoms with Crippen molar-refractivity contribution in [3.63, 3.8) is 0 Å². The maximum absolute atomic E-state index is 12.5. The fourth-order valence-corrected chi connectivity index (χ4v) is 3.30. The van der Waals surface area contributed by atoms with E-state index in [9.17, 15) is 9.59 Å². The number of hydrogen-bond donors (Lipinski definition) is 2. The van der Waals surface area contributed by atoms with Gasteiger partial charge in [-0.2, -0.15) is 0 Å². The lowest BCUT2D eigenvalue weighted by Crippen LogP contribution is -2.30. The number of amides is 1. The minimum Gasteiger partial charge on any atom is -0.360 e. The van der Waals surface area contributed by atoms with Crippen molar-refractivity contribution >= 4 is 39.7 Å². The zero-order valence-electron chi connectivity index (χ0n) is 12.5. The highest BCUT2D eigenvalue weighted by atomic mass is 35.5. The van der Waals surface area contributed by atoms with Gasteiger partial charge in [-0.15, -0.1) is 11.3 Å². The van der Waals surface area contributed by atoms with Crippen LogP contribution in [0.15, 0.2) is 40.6 Å². The highest BCUT2D eigenvalue weighted by Crippen LogP contribution is 2.21. The van der Waals surface area contributed by atoms with Crippen molar-refractivity contribution in [3.8, 4) is 0 Å². The Bertz CT molecular complexity index is 916. The summed E-state index contributed by atoms with van der Waals surface area (Å²) >= 11 is 7.71. The first-order chi connectivity index (χ1) is 11.1. The fraction of sp³-hybridized carbons (Fsp3) is 0.176. The van der Waals surface area contributed by atoms with Gasteiger partial charge in [0.2, 0.25) is 5.43 Å². The third kappa shape index (κ3) is 3.16. The van der Waals surface area contributed by atoms with E-state index in [1.54, 1.807) is 23.5 Å². The van der Waals surface area contributed by atoms with E-state index in [0.29, 0.717) is 22.5 Å². The molecule has 0 bridgehead atoms. The summed E-state index contributed by atoms with van der Waals surface area (Å²) in [5.41, 5.74) is 1.29. The number of thiophene rings is 1. The summed E-state index contributed by atoms with van der Waals surface area (Å²) in [6.45, 7) is 2.33. The molecule has 118 valence electrons. The van der Waals surface area contributed by atoms with Crippen LogP contribution < -0.4 is 10.7 Å². The van der Waals surface area contributed by atoms with Gasteiger partial charge in [-0.25, -0.2) is 0 Å². The molecule has 0 radical (unpaired) electrons. The third-order valence-corrected chi connectivity index (χ3v) is 5.08. The van der Waals surface area contributed by atoms with Crippen molar-refractivity contribution < 1.29 is 4.79 Å². The smallest absolute Gasteiger partial charge is 0.256 e. The molecule has 2 aromatic heterocycles. The second-order valence-electron chi connectivity index (χ2n) is 5.21. The van der Waals surface area contributed by atoms with Gasteiger partial charge in [-0.3, -0.25) is 9.59 Å². The van der Waals surface area contributed by atoms with Crippen LogP contribution in [0, 0.1) is 6.92 Å². The Morgan fingerprint density at radius 1 is 1.35 bits per heavy atom. The molecule has 0 aliphatic rings. The predicted octanol–water partition coefficient (Wildman–Crippen LogP) is 3.52. The van der Waals surface area contributed by atoms with Gasteiger partial charge in [0.1, 0.15) is 5.56 Å². The van der Waals surface area contributed by atoms with Crippen molar-refractivity contribution in [2.24, 2.45) is 0 Å². The molecule has 0 fully saturated rings. The Morgan fingerprint density at radius 3 is 2.91 bits per heavy atom. The highest BCUT2D eigenvalue weighted by molar-refractivity contribution is 7.09. The van der Waals surface area contributed by atoms with Crippen molar-refractivity contribution in [1.82, 2.24) is 10.3 Å². The molecule has 0 unspecified atom stereocenters. The monoisotopic (exact) mass is 346 g/mol. The van der Waals surface area contributed by atoms with Crippen LogP contribution in [-0.2, 0) is 6.42 Å². The van der Waals surface area contributed by atoms with E-state index in [1.165, 1.54) is 11.1 Å². The van der Waals surface area contributed by atoms with Gasteiger partial charge in [0.05, 0.1) is 5.52 Å². The molecule has 0 saturated carbocycles. The summed E-state index contributed by atoms with van der Waals surface area (Å²) in [6.07, 6.45) is 2.21. The summed E-state index contributed by atoms with van der Waals surface area (Å²) in [5, 5.41) is 5.84. The van der Waals surface area contributed by atoms with E-state index in [0.717, 1.165) is 12.0 Å². The van der Waals surface area contributed by atoms with E-state index in [-0.39, 0.29) is 16.9 Å². The maximum atomic E-state index is 12.5. The van der Waals surface area contributed by atoms with Gasteiger partial charge in [0, 0.05) is 28.0 Å². The molecule has 23 heavy (non-hydrogen) atoms. The first kappa shape index (κ1) is 15.8. The third-order valence-electron chi connectivity index (χ3n) is 3.73. The molecule has 1 aromatic carbocycles. The zero-order chi connectivity index (χ0) is 16.4. The largest absolute Gasteiger partial charge is 0.360 e. The molecule has 1 amide bonds. The summed E-state index contributed by atoms with van der Waals surface area (Å²) < 4.78 is 0. The van der Waals surface area contributed by atoms with Crippen LogP contribution >= 0.6 is 22.9 Å². The Kier molecular flexibility index (Phi) is 4.50. The number of carbonyl (C=O) groups excluding carboxylic acids is 1. The first-order valence-electron chi connectivity index (χ1n) is 7.19. The van der Waals surface area contributed by atoms with E-state index in [1.807, 2.05) is 24.4 Å². The molecule has 0 spiro atoms. The number of fused-ring (bicyclic) bond motifs is 1. The number of H-pyrrole nitrogens is 1. The second kappa shape index (κ2) is 6.56. The van der Waals surface area contributed by atoms with Crippen LogP contribution in [0.1, 0.15) is 20.8 Å². The van der Waals surface area contributed by atoms with Crippen LogP contribution in [-0.4, -0.2) is 17.4 Å². The number of hydrogen-bond acceptors (Lipinski definition) is 3. The van der Waals surface area contributed by atoms with Gasteiger partial charge < -0.3 is 10.3 Å². The molecule has 0 atom stereocenters. The lowest BCUT2D eigenvalue weighted by Gasteiger charge is -2.07. The minimum absolute atomic E-state index is 0.116. The van der Waals surface area contributed by atoms with Crippen molar-refractivity contribution in [2.45, 2.75) is 13.3 Å². The Hall–Kier alpha value is -2.11. The normalized spacial score (nSPS) is 10.9. The van der Waals surface area contributed by atoms with Gasteiger partial charge in [0.25, 0.3) is 5.91 Å². The minimum atomic E-state index is -0.364. The lowest BCUT2D eigenvalue weighted by atomic mass is 10.1. The molecule has 0 aliphatic carbocycles. The fourth-order valence-electron chi connectivity index (χ4n) is 2.43. The standard InChI is InChI=1S/C17H15ClN2O2S/c1-10-14(18)5-4-12-15(10)20-9-13(16(12)21)17(22)19-7-6-11-3-2-8-23-11/h2-5,8-9H,6-7H2,1H3,(H,19,22)(H,20,21). The van der Waals surface area contributed by atoms with E-state index in [2.05, 4.69) is 10.3 Å². The van der Waals surface area contributed by atoms with Gasteiger partial charge >= 0.3 is 0 Å². The highest BCUT2D eigenvalue weighted by Gasteiger charge is 2.14. The Balaban J connectivity index is 1.82. The van der Waals surface area contributed by atoms with Crippen LogP contribution in [0.25, 0.3) is 10.9 Å². The number of carbonyl (C=O) groups is 1. The van der Waals surface area contributed by atoms with E-state index >= 15 is 0 Å². The quantitative estimate of drug-likeness (QED) is 0.759. The molecule has 3 aromatic rings. The van der Waals surface area contributed by atoms with E-state index < -0.39 is 0 Å². The van der Waals surface area contributed by atoms with E-state index in [4.69, 9.17) is 11.6 Å². The average molecular weight is 347 g/mol. The zero-order valence-corrected chi connectivity index (χ0v) is 14.1. The lowest BCUT2D eigenvalue weighted by molar-refractivity contribution is 0.0953. The van der Waals surface area contributed by atoms with Gasteiger partial charge in [0.15, 0.2) is 0 Å². The number of halogens is 1. The number of rotatable bonds is 4. The maximum Gasteiger partial charge on any atom is 0.256 e.